The van der Waals surface area contributed by atoms with Crippen LogP contribution in [-0.4, -0.2) is 38.6 Å². The van der Waals surface area contributed by atoms with Crippen molar-refractivity contribution in [2.75, 3.05) is 0 Å². The first-order chi connectivity index (χ1) is 16.4. The lowest BCUT2D eigenvalue weighted by Crippen LogP contribution is -2.65. The van der Waals surface area contributed by atoms with Gasteiger partial charge in [0.2, 0.25) is 11.8 Å². The summed E-state index contributed by atoms with van der Waals surface area (Å²) in [6, 6.07) is 15.5. The van der Waals surface area contributed by atoms with Gasteiger partial charge in [0, 0.05) is 18.3 Å². The molecule has 0 bridgehead atoms. The van der Waals surface area contributed by atoms with E-state index in [0.29, 0.717) is 18.9 Å². The number of nitrogens with zero attached hydrogens (tertiary/aromatic N) is 3. The number of benzene rings is 2. The molecule has 0 unspecified atom stereocenters. The number of aryl methyl sites for hydroxylation is 1. The van der Waals surface area contributed by atoms with E-state index < -0.39 is 12.1 Å². The topological polar surface area (TPSA) is 67.2 Å². The van der Waals surface area contributed by atoms with E-state index in [0.717, 1.165) is 24.1 Å². The van der Waals surface area contributed by atoms with Gasteiger partial charge in [-0.15, -0.1) is 0 Å². The Morgan fingerprint density at radius 1 is 1.03 bits per heavy atom. The van der Waals surface area contributed by atoms with E-state index in [2.05, 4.69) is 55.5 Å². The number of carbonyl (C=O) groups is 2. The van der Waals surface area contributed by atoms with Crippen LogP contribution in [0.5, 0.6) is 0 Å². The summed E-state index contributed by atoms with van der Waals surface area (Å²) >= 11 is 0. The monoisotopic (exact) mass is 456 g/mol. The zero-order chi connectivity index (χ0) is 23.8. The zero-order valence-corrected chi connectivity index (χ0v) is 20.1. The molecule has 5 rings (SSSR count). The van der Waals surface area contributed by atoms with E-state index in [1.54, 1.807) is 11.1 Å². The quantitative estimate of drug-likeness (QED) is 0.613. The SMILES string of the molecule is Cc1ccc(-n2cc(CN3C(=O)[C@@H](C4Cc5ccccc5C4)NC(=O)[C@H]3CC(C)C)cn2)cc1. The number of rotatable bonds is 6. The van der Waals surface area contributed by atoms with Gasteiger partial charge in [-0.3, -0.25) is 9.59 Å². The summed E-state index contributed by atoms with van der Waals surface area (Å²) in [5.74, 6) is 0.367. The predicted molar refractivity (Wildman–Crippen MR) is 131 cm³/mol. The van der Waals surface area contributed by atoms with Crippen LogP contribution in [0.15, 0.2) is 60.9 Å². The lowest BCUT2D eigenvalue weighted by molar-refractivity contribution is -0.152. The van der Waals surface area contributed by atoms with E-state index >= 15 is 0 Å². The Hall–Kier alpha value is -3.41. The molecular weight excluding hydrogens is 424 g/mol. The highest BCUT2D eigenvalue weighted by Gasteiger charge is 2.45. The molecular formula is C28H32N4O2. The van der Waals surface area contributed by atoms with Crippen molar-refractivity contribution in [3.63, 3.8) is 0 Å². The van der Waals surface area contributed by atoms with Gasteiger partial charge in [-0.1, -0.05) is 55.8 Å². The highest BCUT2D eigenvalue weighted by molar-refractivity contribution is 5.97. The number of fused-ring (bicyclic) bond motifs is 1. The number of amides is 2. The fourth-order valence-electron chi connectivity index (χ4n) is 5.28. The van der Waals surface area contributed by atoms with Crippen LogP contribution in [-0.2, 0) is 29.0 Å². The lowest BCUT2D eigenvalue weighted by atomic mass is 9.90. The highest BCUT2D eigenvalue weighted by Crippen LogP contribution is 2.32. The molecule has 1 aliphatic carbocycles. The summed E-state index contributed by atoms with van der Waals surface area (Å²) in [5, 5.41) is 7.61. The van der Waals surface area contributed by atoms with Crippen LogP contribution >= 0.6 is 0 Å². The van der Waals surface area contributed by atoms with Gasteiger partial charge in [-0.25, -0.2) is 4.68 Å². The second kappa shape index (κ2) is 9.09. The minimum Gasteiger partial charge on any atom is -0.342 e. The number of hydrogen-bond acceptors (Lipinski definition) is 3. The van der Waals surface area contributed by atoms with Gasteiger partial charge in [0.1, 0.15) is 12.1 Å². The Balaban J connectivity index is 1.39. The van der Waals surface area contributed by atoms with E-state index in [1.807, 2.05) is 35.1 Å². The highest BCUT2D eigenvalue weighted by atomic mass is 16.2. The Bertz CT molecular complexity index is 1170. The van der Waals surface area contributed by atoms with Gasteiger partial charge in [-0.05, 0) is 61.3 Å². The third-order valence-corrected chi connectivity index (χ3v) is 7.06. The van der Waals surface area contributed by atoms with Gasteiger partial charge in [-0.2, -0.15) is 5.10 Å². The molecule has 1 fully saturated rings. The van der Waals surface area contributed by atoms with Crippen molar-refractivity contribution < 1.29 is 9.59 Å². The molecule has 0 saturated carbocycles. The largest absolute Gasteiger partial charge is 0.342 e. The molecule has 2 aliphatic rings. The molecule has 3 aromatic rings. The molecule has 2 amide bonds. The number of hydrogen-bond donors (Lipinski definition) is 1. The van der Waals surface area contributed by atoms with Crippen LogP contribution in [0.4, 0.5) is 0 Å². The maximum absolute atomic E-state index is 13.8. The normalized spacial score (nSPS) is 20.6. The first-order valence-corrected chi connectivity index (χ1v) is 12.2. The smallest absolute Gasteiger partial charge is 0.246 e. The summed E-state index contributed by atoms with van der Waals surface area (Å²) in [5.41, 5.74) is 5.65. The third-order valence-electron chi connectivity index (χ3n) is 7.06. The van der Waals surface area contributed by atoms with Crippen molar-refractivity contribution in [2.24, 2.45) is 11.8 Å². The molecule has 2 heterocycles. The summed E-state index contributed by atoms with van der Waals surface area (Å²) in [6.07, 6.45) is 6.03. The van der Waals surface area contributed by atoms with Gasteiger partial charge >= 0.3 is 0 Å². The second-order valence-electron chi connectivity index (χ2n) is 10.2. The molecule has 1 aliphatic heterocycles. The Morgan fingerprint density at radius 3 is 2.35 bits per heavy atom. The Labute approximate surface area is 201 Å². The Morgan fingerprint density at radius 2 is 1.71 bits per heavy atom. The molecule has 0 radical (unpaired) electrons. The molecule has 6 heteroatoms. The zero-order valence-electron chi connectivity index (χ0n) is 20.1. The van der Waals surface area contributed by atoms with Crippen LogP contribution < -0.4 is 5.32 Å². The number of nitrogens with one attached hydrogen (secondary N) is 1. The van der Waals surface area contributed by atoms with Crippen molar-refractivity contribution in [3.05, 3.63) is 83.2 Å². The maximum Gasteiger partial charge on any atom is 0.246 e. The minimum atomic E-state index is -0.490. The van der Waals surface area contributed by atoms with Crippen LogP contribution in [0.25, 0.3) is 5.69 Å². The van der Waals surface area contributed by atoms with E-state index in [9.17, 15) is 9.59 Å². The molecule has 176 valence electrons. The summed E-state index contributed by atoms with van der Waals surface area (Å²) in [4.78, 5) is 28.8. The van der Waals surface area contributed by atoms with Crippen molar-refractivity contribution in [2.45, 2.75) is 58.7 Å². The average Bonchev–Trinajstić information content (AvgIpc) is 3.45. The van der Waals surface area contributed by atoms with Crippen molar-refractivity contribution in [1.82, 2.24) is 20.0 Å². The third kappa shape index (κ3) is 4.37. The number of carbonyl (C=O) groups excluding carboxylic acids is 2. The summed E-state index contributed by atoms with van der Waals surface area (Å²) in [7, 11) is 0. The van der Waals surface area contributed by atoms with Crippen LogP contribution in [0.1, 0.15) is 42.5 Å². The average molecular weight is 457 g/mol. The lowest BCUT2D eigenvalue weighted by Gasteiger charge is -2.41. The van der Waals surface area contributed by atoms with Crippen molar-refractivity contribution >= 4 is 11.8 Å². The molecule has 2 atom stereocenters. The molecule has 1 saturated heterocycles. The van der Waals surface area contributed by atoms with Gasteiger partial charge in [0.25, 0.3) is 0 Å². The first kappa shape index (κ1) is 22.4. The van der Waals surface area contributed by atoms with E-state index in [4.69, 9.17) is 0 Å². The summed E-state index contributed by atoms with van der Waals surface area (Å²) < 4.78 is 1.83. The second-order valence-corrected chi connectivity index (χ2v) is 10.2. The molecule has 6 nitrogen and oxygen atoms in total. The van der Waals surface area contributed by atoms with Gasteiger partial charge < -0.3 is 10.2 Å². The summed E-state index contributed by atoms with van der Waals surface area (Å²) in [6.45, 7) is 6.61. The predicted octanol–water partition coefficient (Wildman–Crippen LogP) is 3.84. The molecule has 34 heavy (non-hydrogen) atoms. The fourth-order valence-corrected chi connectivity index (χ4v) is 5.28. The first-order valence-electron chi connectivity index (χ1n) is 12.2. The number of piperazine rings is 1. The minimum absolute atomic E-state index is 0.0196. The fraction of sp³-hybridized carbons (Fsp3) is 0.393. The molecule has 1 N–H and O–H groups in total. The number of aromatic nitrogens is 2. The van der Waals surface area contributed by atoms with Crippen LogP contribution in [0.3, 0.4) is 0 Å². The van der Waals surface area contributed by atoms with Crippen molar-refractivity contribution in [1.29, 1.82) is 0 Å². The molecule has 0 spiro atoms. The van der Waals surface area contributed by atoms with Crippen LogP contribution in [0, 0.1) is 18.8 Å². The molecule has 1 aromatic heterocycles. The van der Waals surface area contributed by atoms with Crippen LogP contribution in [0.2, 0.25) is 0 Å². The maximum atomic E-state index is 13.8. The van der Waals surface area contributed by atoms with E-state index in [1.165, 1.54) is 16.7 Å². The van der Waals surface area contributed by atoms with Gasteiger partial charge in [0.15, 0.2) is 0 Å². The Kier molecular flexibility index (Phi) is 5.98. The van der Waals surface area contributed by atoms with E-state index in [-0.39, 0.29) is 17.7 Å². The van der Waals surface area contributed by atoms with Crippen molar-refractivity contribution in [3.8, 4) is 5.69 Å². The van der Waals surface area contributed by atoms with Gasteiger partial charge in [0.05, 0.1) is 11.9 Å². The standard InChI is InChI=1S/C28H32N4O2/c1-18(2)12-25-27(33)30-26(23-13-21-6-4-5-7-22(21)14-23)28(34)31(25)16-20-15-29-32(17-20)24-10-8-19(3)9-11-24/h4-11,15,17-18,23,25-26H,12-14,16H2,1-3H3,(H,30,33)/t25-,26-/m1/s1. The molecule has 2 aromatic carbocycles.